The van der Waals surface area contributed by atoms with Gasteiger partial charge in [0.25, 0.3) is 5.97 Å². The number of nitrogens with two attached hydrogens (primary N) is 1. The van der Waals surface area contributed by atoms with Gasteiger partial charge in [-0.3, -0.25) is 9.59 Å². The van der Waals surface area contributed by atoms with Crippen LogP contribution in [0.4, 0.5) is 4.39 Å². The van der Waals surface area contributed by atoms with Crippen LogP contribution in [0.5, 0.6) is 0 Å². The van der Waals surface area contributed by atoms with E-state index < -0.39 is 23.8 Å². The van der Waals surface area contributed by atoms with Crippen LogP contribution < -0.4 is 5.73 Å². The van der Waals surface area contributed by atoms with E-state index >= 15 is 0 Å². The minimum Gasteiger partial charge on any atom is -0.481 e. The quantitative estimate of drug-likeness (QED) is 0.783. The number of aliphatic carboxylic acids is 2. The second-order valence-electron chi connectivity index (χ2n) is 5.71. The van der Waals surface area contributed by atoms with Crippen LogP contribution in [0.1, 0.15) is 36.1 Å². The molecule has 2 aromatic rings. The van der Waals surface area contributed by atoms with Gasteiger partial charge in [0.1, 0.15) is 5.82 Å². The fraction of sp³-hybridized carbons (Fsp3) is 0.263. The van der Waals surface area contributed by atoms with Gasteiger partial charge in [0.15, 0.2) is 0 Å². The number of carboxylic acid groups (broad SMARTS) is 2. The molecule has 0 bridgehead atoms. The molecule has 0 aliphatic carbocycles. The molecule has 0 saturated heterocycles. The molecule has 4 N–H and O–H groups in total. The number of halogens is 1. The van der Waals surface area contributed by atoms with Crippen molar-refractivity contribution in [2.24, 2.45) is 5.73 Å². The molecule has 0 fully saturated rings. The van der Waals surface area contributed by atoms with Crippen LogP contribution in [0.2, 0.25) is 0 Å². The summed E-state index contributed by atoms with van der Waals surface area (Å²) >= 11 is 0. The summed E-state index contributed by atoms with van der Waals surface area (Å²) < 4.78 is 13.9. The molecule has 0 radical (unpaired) electrons. The number of carbonyl (C=O) groups is 2. The van der Waals surface area contributed by atoms with Gasteiger partial charge < -0.3 is 15.9 Å². The molecule has 0 aliphatic heterocycles. The molecule has 1 atom stereocenters. The summed E-state index contributed by atoms with van der Waals surface area (Å²) in [7, 11) is 0. The molecular weight excluding hydrogens is 325 g/mol. The Hall–Kier alpha value is -2.73. The van der Waals surface area contributed by atoms with E-state index in [1.54, 1.807) is 0 Å². The van der Waals surface area contributed by atoms with Crippen molar-refractivity contribution in [3.8, 4) is 11.1 Å². The predicted octanol–water partition coefficient (Wildman–Crippen LogP) is 3.67. The maximum atomic E-state index is 13.9. The van der Waals surface area contributed by atoms with Crippen LogP contribution in [-0.4, -0.2) is 22.2 Å². The van der Waals surface area contributed by atoms with E-state index in [9.17, 15) is 9.18 Å². The molecule has 25 heavy (non-hydrogen) atoms. The normalized spacial score (nSPS) is 11.2. The second kappa shape index (κ2) is 8.94. The van der Waals surface area contributed by atoms with Crippen LogP contribution in [0.25, 0.3) is 11.1 Å². The lowest BCUT2D eigenvalue weighted by Crippen LogP contribution is -2.16. The Balaban J connectivity index is 0.000000705. The monoisotopic (exact) mass is 347 g/mol. The predicted molar refractivity (Wildman–Crippen MR) is 93.8 cm³/mol. The Morgan fingerprint density at radius 1 is 1.12 bits per heavy atom. The molecule has 0 saturated carbocycles. The molecular formula is C19H22FNO4. The lowest BCUT2D eigenvalue weighted by Gasteiger charge is -2.17. The molecule has 2 rings (SSSR count). The third-order valence-corrected chi connectivity index (χ3v) is 3.64. The number of hydrogen-bond acceptors (Lipinski definition) is 3. The minimum atomic E-state index is -0.997. The van der Waals surface area contributed by atoms with Crippen molar-refractivity contribution in [1.29, 1.82) is 0 Å². The summed E-state index contributed by atoms with van der Waals surface area (Å²) in [6, 6.07) is 9.76. The summed E-state index contributed by atoms with van der Waals surface area (Å²) in [4.78, 5) is 19.8. The third-order valence-electron chi connectivity index (χ3n) is 3.64. The molecule has 0 spiro atoms. The molecule has 1 unspecified atom stereocenters. The number of hydrogen-bond donors (Lipinski definition) is 3. The average molecular weight is 347 g/mol. The molecule has 5 nitrogen and oxygen atoms in total. The van der Waals surface area contributed by atoms with Gasteiger partial charge in [0.2, 0.25) is 0 Å². The minimum absolute atomic E-state index is 0.225. The van der Waals surface area contributed by atoms with Crippen LogP contribution in [0, 0.1) is 19.7 Å². The van der Waals surface area contributed by atoms with Gasteiger partial charge in [-0.25, -0.2) is 4.39 Å². The number of rotatable bonds is 4. The number of carboxylic acids is 2. The van der Waals surface area contributed by atoms with Gasteiger partial charge in [-0.2, -0.15) is 0 Å². The third kappa shape index (κ3) is 6.00. The Morgan fingerprint density at radius 2 is 1.68 bits per heavy atom. The van der Waals surface area contributed by atoms with Gasteiger partial charge in [-0.1, -0.05) is 24.3 Å². The van der Waals surface area contributed by atoms with Crippen LogP contribution >= 0.6 is 0 Å². The first kappa shape index (κ1) is 20.3. The largest absolute Gasteiger partial charge is 0.481 e. The SMILES string of the molecule is CC(=O)O.Cc1ccccc1-c1cc(F)cc(C(N)CC(=O)O)c1C. The molecule has 0 amide bonds. The van der Waals surface area contributed by atoms with Crippen molar-refractivity contribution in [2.45, 2.75) is 33.2 Å². The van der Waals surface area contributed by atoms with Crippen molar-refractivity contribution in [1.82, 2.24) is 0 Å². The average Bonchev–Trinajstić information content (AvgIpc) is 2.48. The van der Waals surface area contributed by atoms with Gasteiger partial charge >= 0.3 is 5.97 Å². The first-order valence-electron chi connectivity index (χ1n) is 7.66. The standard InChI is InChI=1S/C17H18FNO2.C2H4O2/c1-10-5-3-4-6-13(10)14-7-12(18)8-15(11(14)2)16(19)9-17(20)21;1-2(3)4/h3-8,16H,9,19H2,1-2H3,(H,20,21);1H3,(H,3,4). The molecule has 0 aliphatic rings. The lowest BCUT2D eigenvalue weighted by molar-refractivity contribution is -0.137. The highest BCUT2D eigenvalue weighted by molar-refractivity contribution is 5.73. The van der Waals surface area contributed by atoms with E-state index in [-0.39, 0.29) is 6.42 Å². The molecule has 0 heterocycles. The smallest absolute Gasteiger partial charge is 0.305 e. The fourth-order valence-electron chi connectivity index (χ4n) is 2.54. The van der Waals surface area contributed by atoms with E-state index in [4.69, 9.17) is 20.7 Å². The highest BCUT2D eigenvalue weighted by Gasteiger charge is 2.17. The van der Waals surface area contributed by atoms with Crippen molar-refractivity contribution in [2.75, 3.05) is 0 Å². The van der Waals surface area contributed by atoms with Crippen molar-refractivity contribution < 1.29 is 24.2 Å². The van der Waals surface area contributed by atoms with Crippen LogP contribution in [-0.2, 0) is 9.59 Å². The summed E-state index contributed by atoms with van der Waals surface area (Å²) in [5.41, 5.74) is 9.97. The summed E-state index contributed by atoms with van der Waals surface area (Å²) in [6.07, 6.45) is -0.225. The van der Waals surface area contributed by atoms with Crippen molar-refractivity contribution in [3.63, 3.8) is 0 Å². The highest BCUT2D eigenvalue weighted by atomic mass is 19.1. The highest BCUT2D eigenvalue weighted by Crippen LogP contribution is 2.32. The molecule has 2 aromatic carbocycles. The zero-order chi connectivity index (χ0) is 19.1. The first-order chi connectivity index (χ1) is 11.6. The Bertz CT molecular complexity index is 770. The fourth-order valence-corrected chi connectivity index (χ4v) is 2.54. The number of benzene rings is 2. The Kier molecular flexibility index (Phi) is 7.26. The summed E-state index contributed by atoms with van der Waals surface area (Å²) in [5.74, 6) is -2.24. The van der Waals surface area contributed by atoms with E-state index in [1.807, 2.05) is 38.1 Å². The van der Waals surface area contributed by atoms with Gasteiger partial charge in [-0.15, -0.1) is 0 Å². The molecule has 0 aromatic heterocycles. The van der Waals surface area contributed by atoms with Gasteiger partial charge in [0, 0.05) is 13.0 Å². The summed E-state index contributed by atoms with van der Waals surface area (Å²) in [5, 5.41) is 16.3. The van der Waals surface area contributed by atoms with Crippen molar-refractivity contribution >= 4 is 11.9 Å². The Labute approximate surface area is 145 Å². The maximum absolute atomic E-state index is 13.9. The van der Waals surface area contributed by atoms with E-state index in [1.165, 1.54) is 12.1 Å². The second-order valence-corrected chi connectivity index (χ2v) is 5.71. The zero-order valence-electron chi connectivity index (χ0n) is 14.4. The molecule has 6 heteroatoms. The van der Waals surface area contributed by atoms with E-state index in [0.29, 0.717) is 5.56 Å². The number of aryl methyl sites for hydroxylation is 1. The zero-order valence-corrected chi connectivity index (χ0v) is 14.4. The van der Waals surface area contributed by atoms with Gasteiger partial charge in [-0.05, 0) is 53.8 Å². The maximum Gasteiger partial charge on any atom is 0.305 e. The van der Waals surface area contributed by atoms with Gasteiger partial charge in [0.05, 0.1) is 6.42 Å². The van der Waals surface area contributed by atoms with E-state index in [0.717, 1.165) is 29.2 Å². The topological polar surface area (TPSA) is 101 Å². The first-order valence-corrected chi connectivity index (χ1v) is 7.66. The van der Waals surface area contributed by atoms with E-state index in [2.05, 4.69) is 0 Å². The Morgan fingerprint density at radius 3 is 2.20 bits per heavy atom. The molecule has 134 valence electrons. The van der Waals surface area contributed by atoms with Crippen LogP contribution in [0.3, 0.4) is 0 Å². The summed E-state index contributed by atoms with van der Waals surface area (Å²) in [6.45, 7) is 4.88. The lowest BCUT2D eigenvalue weighted by atomic mass is 9.90. The van der Waals surface area contributed by atoms with Crippen molar-refractivity contribution in [3.05, 3.63) is 58.9 Å². The van der Waals surface area contributed by atoms with Crippen LogP contribution in [0.15, 0.2) is 36.4 Å².